The highest BCUT2D eigenvalue weighted by Gasteiger charge is 2.13. The molecule has 1 aliphatic heterocycles. The van der Waals surface area contributed by atoms with Crippen LogP contribution in [0.5, 0.6) is 0 Å². The van der Waals surface area contributed by atoms with E-state index in [1.807, 2.05) is 0 Å². The topological polar surface area (TPSA) is 28.1 Å². The second-order valence-electron chi connectivity index (χ2n) is 4.30. The first-order valence-electron chi connectivity index (χ1n) is 5.89. The number of rotatable bonds is 3. The largest absolute Gasteiger partial charge is 0.399 e. The molecule has 0 N–H and O–H groups in total. The lowest BCUT2D eigenvalue weighted by atomic mass is 10.2. The van der Waals surface area contributed by atoms with Crippen LogP contribution in [0, 0.1) is 0 Å². The normalized spacial score (nSPS) is 17.6. The van der Waals surface area contributed by atoms with Gasteiger partial charge in [0, 0.05) is 31.9 Å². The van der Waals surface area contributed by atoms with Crippen LogP contribution >= 0.6 is 0 Å². The van der Waals surface area contributed by atoms with Crippen molar-refractivity contribution in [1.82, 2.24) is 4.90 Å². The van der Waals surface area contributed by atoms with Crippen molar-refractivity contribution in [3.63, 3.8) is 0 Å². The van der Waals surface area contributed by atoms with Gasteiger partial charge in [-0.25, -0.2) is 0 Å². The van der Waals surface area contributed by atoms with Crippen molar-refractivity contribution in [1.29, 1.82) is 0 Å². The lowest BCUT2D eigenvalue weighted by Crippen LogP contribution is -2.44. The van der Waals surface area contributed by atoms with Gasteiger partial charge in [-0.1, -0.05) is 17.3 Å². The quantitative estimate of drug-likeness (QED) is 0.584. The fourth-order valence-electron chi connectivity index (χ4n) is 1.95. The molecule has 0 amide bonds. The van der Waals surface area contributed by atoms with Crippen molar-refractivity contribution in [2.75, 3.05) is 45.2 Å². The Balaban J connectivity index is 2.00. The fourth-order valence-corrected chi connectivity index (χ4v) is 1.95. The van der Waals surface area contributed by atoms with Gasteiger partial charge >= 0.3 is 0 Å². The maximum Gasteiger partial charge on any atom is 0.106 e. The van der Waals surface area contributed by atoms with Gasteiger partial charge in [-0.05, 0) is 24.7 Å². The van der Waals surface area contributed by atoms with Crippen LogP contribution in [-0.4, -0.2) is 51.5 Å². The zero-order valence-corrected chi connectivity index (χ0v) is 10.5. The second-order valence-corrected chi connectivity index (χ2v) is 4.30. The third-order valence-electron chi connectivity index (χ3n) is 3.07. The zero-order chi connectivity index (χ0) is 12.1. The molecule has 2 rings (SSSR count). The molecule has 1 saturated heterocycles. The number of likely N-dealkylation sites (N-methyl/N-ethyl adjacent to an activating group) is 1. The van der Waals surface area contributed by atoms with E-state index in [4.69, 9.17) is 0 Å². The minimum atomic E-state index is 1.06. The predicted octanol–water partition coefficient (Wildman–Crippen LogP) is 1.42. The monoisotopic (exact) mass is 233 g/mol. The number of oxime groups is 1. The molecule has 0 radical (unpaired) electrons. The van der Waals surface area contributed by atoms with E-state index in [2.05, 4.69) is 51.1 Å². The van der Waals surface area contributed by atoms with E-state index in [0.717, 1.165) is 31.7 Å². The molecule has 0 saturated carbocycles. The number of benzene rings is 1. The minimum Gasteiger partial charge on any atom is -0.399 e. The summed E-state index contributed by atoms with van der Waals surface area (Å²) >= 11 is 0. The number of anilines is 1. The fraction of sp³-hybridized carbons (Fsp3) is 0.462. The predicted molar refractivity (Wildman–Crippen MR) is 70.8 cm³/mol. The summed E-state index contributed by atoms with van der Waals surface area (Å²) in [7, 11) is 3.72. The Labute approximate surface area is 102 Å². The van der Waals surface area contributed by atoms with Crippen molar-refractivity contribution in [3.8, 4) is 0 Å². The van der Waals surface area contributed by atoms with Crippen LogP contribution in [-0.2, 0) is 4.84 Å². The first-order chi connectivity index (χ1) is 8.29. The van der Waals surface area contributed by atoms with Gasteiger partial charge < -0.3 is 14.6 Å². The van der Waals surface area contributed by atoms with E-state index in [0.29, 0.717) is 0 Å². The van der Waals surface area contributed by atoms with Crippen LogP contribution in [0.1, 0.15) is 5.56 Å². The maximum absolute atomic E-state index is 4.66. The number of hydrogen-bond acceptors (Lipinski definition) is 4. The third kappa shape index (κ3) is 3.20. The van der Waals surface area contributed by atoms with Crippen LogP contribution in [0.4, 0.5) is 5.69 Å². The highest BCUT2D eigenvalue weighted by molar-refractivity contribution is 5.79. The molecule has 1 fully saturated rings. The van der Waals surface area contributed by atoms with Gasteiger partial charge in [-0.2, -0.15) is 0 Å². The molecule has 4 heteroatoms. The summed E-state index contributed by atoms with van der Waals surface area (Å²) in [6, 6.07) is 8.41. The lowest BCUT2D eigenvalue weighted by Gasteiger charge is -2.34. The molecule has 0 aromatic heterocycles. The van der Waals surface area contributed by atoms with Crippen molar-refractivity contribution >= 4 is 11.9 Å². The summed E-state index contributed by atoms with van der Waals surface area (Å²) in [5, 5.41) is 3.75. The van der Waals surface area contributed by atoms with Gasteiger partial charge in [0.15, 0.2) is 0 Å². The van der Waals surface area contributed by atoms with Gasteiger partial charge in [0.1, 0.15) is 7.11 Å². The molecular formula is C13H19N3O. The van der Waals surface area contributed by atoms with E-state index < -0.39 is 0 Å². The summed E-state index contributed by atoms with van der Waals surface area (Å²) in [6.07, 6.45) is 1.72. The van der Waals surface area contributed by atoms with Crippen LogP contribution < -0.4 is 4.90 Å². The van der Waals surface area contributed by atoms with E-state index in [1.54, 1.807) is 13.3 Å². The lowest BCUT2D eigenvalue weighted by molar-refractivity contribution is 0.215. The molecule has 1 heterocycles. The van der Waals surface area contributed by atoms with Gasteiger partial charge in [0.05, 0.1) is 6.21 Å². The second kappa shape index (κ2) is 5.68. The summed E-state index contributed by atoms with van der Waals surface area (Å²) in [5.74, 6) is 0. The summed E-state index contributed by atoms with van der Waals surface area (Å²) in [4.78, 5) is 9.43. The smallest absolute Gasteiger partial charge is 0.106 e. The molecule has 0 spiro atoms. The maximum atomic E-state index is 4.66. The molecular weight excluding hydrogens is 214 g/mol. The van der Waals surface area contributed by atoms with E-state index >= 15 is 0 Å². The van der Waals surface area contributed by atoms with Crippen LogP contribution in [0.2, 0.25) is 0 Å². The molecule has 17 heavy (non-hydrogen) atoms. The van der Waals surface area contributed by atoms with Crippen LogP contribution in [0.25, 0.3) is 0 Å². The van der Waals surface area contributed by atoms with Crippen LogP contribution in [0.15, 0.2) is 29.4 Å². The average molecular weight is 233 g/mol. The summed E-state index contributed by atoms with van der Waals surface area (Å²) in [6.45, 7) is 4.46. The Kier molecular flexibility index (Phi) is 3.98. The van der Waals surface area contributed by atoms with Gasteiger partial charge in [0.25, 0.3) is 0 Å². The van der Waals surface area contributed by atoms with Crippen molar-refractivity contribution in [2.45, 2.75) is 0 Å². The minimum absolute atomic E-state index is 1.06. The molecule has 0 unspecified atom stereocenters. The number of piperazine rings is 1. The Hall–Kier alpha value is -1.55. The van der Waals surface area contributed by atoms with Gasteiger partial charge in [-0.3, -0.25) is 0 Å². The number of nitrogens with zero attached hydrogens (tertiary/aromatic N) is 3. The van der Waals surface area contributed by atoms with E-state index in [-0.39, 0.29) is 0 Å². The Morgan fingerprint density at radius 2 is 1.76 bits per heavy atom. The standard InChI is InChI=1S/C13H19N3O/c1-15-7-9-16(10-8-15)13-5-3-12(4-6-13)11-14-17-2/h3-6,11H,7-10H2,1-2H3. The highest BCUT2D eigenvalue weighted by Crippen LogP contribution is 2.16. The first kappa shape index (κ1) is 11.9. The SMILES string of the molecule is CON=Cc1ccc(N2CCN(C)CC2)cc1. The van der Waals surface area contributed by atoms with Crippen molar-refractivity contribution in [2.24, 2.45) is 5.16 Å². The first-order valence-corrected chi connectivity index (χ1v) is 5.89. The molecule has 92 valence electrons. The molecule has 1 aromatic carbocycles. The molecule has 0 aliphatic carbocycles. The molecule has 4 nitrogen and oxygen atoms in total. The Morgan fingerprint density at radius 1 is 1.12 bits per heavy atom. The average Bonchev–Trinajstić information content (AvgIpc) is 2.38. The zero-order valence-electron chi connectivity index (χ0n) is 10.5. The van der Waals surface area contributed by atoms with E-state index in [1.165, 1.54) is 5.69 Å². The van der Waals surface area contributed by atoms with E-state index in [9.17, 15) is 0 Å². The van der Waals surface area contributed by atoms with Gasteiger partial charge in [-0.15, -0.1) is 0 Å². The van der Waals surface area contributed by atoms with Crippen molar-refractivity contribution in [3.05, 3.63) is 29.8 Å². The molecule has 1 aliphatic rings. The van der Waals surface area contributed by atoms with Crippen molar-refractivity contribution < 1.29 is 4.84 Å². The third-order valence-corrected chi connectivity index (χ3v) is 3.07. The molecule has 0 atom stereocenters. The molecule has 1 aromatic rings. The summed E-state index contributed by atoms with van der Waals surface area (Å²) < 4.78 is 0. The van der Waals surface area contributed by atoms with Crippen LogP contribution in [0.3, 0.4) is 0 Å². The van der Waals surface area contributed by atoms with Gasteiger partial charge in [0.2, 0.25) is 0 Å². The summed E-state index contributed by atoms with van der Waals surface area (Å²) in [5.41, 5.74) is 2.34. The molecule has 0 bridgehead atoms. The highest BCUT2D eigenvalue weighted by atomic mass is 16.6. The Morgan fingerprint density at radius 3 is 2.35 bits per heavy atom. The Bertz CT molecular complexity index is 367. The number of hydrogen-bond donors (Lipinski definition) is 0.